The highest BCUT2D eigenvalue weighted by molar-refractivity contribution is 6.31. The van der Waals surface area contributed by atoms with E-state index < -0.39 is 5.97 Å². The van der Waals surface area contributed by atoms with Crippen LogP contribution < -0.4 is 5.32 Å². The highest BCUT2D eigenvalue weighted by Gasteiger charge is 2.24. The molecule has 1 atom stereocenters. The van der Waals surface area contributed by atoms with Gasteiger partial charge in [0.2, 0.25) is 0 Å². The molecule has 0 saturated carbocycles. The van der Waals surface area contributed by atoms with E-state index in [4.69, 9.17) is 11.6 Å². The molecular formula is C19H28ClFN2O2. The summed E-state index contributed by atoms with van der Waals surface area (Å²) in [6, 6.07) is 5.10. The Morgan fingerprint density at radius 1 is 1.40 bits per heavy atom. The molecule has 1 aliphatic rings. The van der Waals surface area contributed by atoms with Gasteiger partial charge in [0.25, 0.3) is 0 Å². The number of carboxylic acid groups (broad SMARTS) is 1. The third-order valence-corrected chi connectivity index (χ3v) is 5.14. The van der Waals surface area contributed by atoms with Gasteiger partial charge in [-0.2, -0.15) is 0 Å². The standard InChI is InChI=1S/C19H28ClFN2O2/c1-13(2)10-14(19(24)25)11-22-15-6-8-23(9-7-15)12-16-17(20)4-3-5-18(16)21/h3-5,13-15,22H,6-12H2,1-2H3,(H,24,25). The number of benzene rings is 1. The van der Waals surface area contributed by atoms with Crippen LogP contribution in [0.15, 0.2) is 18.2 Å². The molecule has 2 rings (SSSR count). The maximum Gasteiger partial charge on any atom is 0.307 e. The number of halogens is 2. The predicted molar refractivity (Wildman–Crippen MR) is 98.3 cm³/mol. The minimum atomic E-state index is -0.729. The number of likely N-dealkylation sites (tertiary alicyclic amines) is 1. The van der Waals surface area contributed by atoms with Crippen molar-refractivity contribution in [3.8, 4) is 0 Å². The Balaban J connectivity index is 1.78. The number of nitrogens with zero attached hydrogens (tertiary/aromatic N) is 1. The monoisotopic (exact) mass is 370 g/mol. The number of piperidine rings is 1. The van der Waals surface area contributed by atoms with E-state index in [1.807, 2.05) is 13.8 Å². The molecule has 1 saturated heterocycles. The Labute approximate surface area is 154 Å². The maximum absolute atomic E-state index is 13.9. The molecule has 6 heteroatoms. The first kappa shape index (κ1) is 20.1. The fourth-order valence-electron chi connectivity index (χ4n) is 3.35. The molecule has 1 unspecified atom stereocenters. The Morgan fingerprint density at radius 2 is 2.08 bits per heavy atom. The van der Waals surface area contributed by atoms with Crippen molar-refractivity contribution in [3.63, 3.8) is 0 Å². The van der Waals surface area contributed by atoms with Crippen LogP contribution in [-0.2, 0) is 11.3 Å². The number of hydrogen-bond donors (Lipinski definition) is 2. The van der Waals surface area contributed by atoms with Gasteiger partial charge >= 0.3 is 5.97 Å². The lowest BCUT2D eigenvalue weighted by Crippen LogP contribution is -2.44. The van der Waals surface area contributed by atoms with Crippen LogP contribution in [0.1, 0.15) is 38.7 Å². The molecule has 4 nitrogen and oxygen atoms in total. The molecule has 1 aliphatic heterocycles. The van der Waals surface area contributed by atoms with Crippen LogP contribution in [0.4, 0.5) is 4.39 Å². The molecule has 1 fully saturated rings. The summed E-state index contributed by atoms with van der Waals surface area (Å²) in [4.78, 5) is 13.5. The van der Waals surface area contributed by atoms with Crippen molar-refractivity contribution in [2.24, 2.45) is 11.8 Å². The summed E-state index contributed by atoms with van der Waals surface area (Å²) < 4.78 is 13.9. The first-order chi connectivity index (χ1) is 11.9. The van der Waals surface area contributed by atoms with Gasteiger partial charge in [0, 0.05) is 29.7 Å². The highest BCUT2D eigenvalue weighted by atomic mass is 35.5. The van der Waals surface area contributed by atoms with E-state index in [-0.39, 0.29) is 11.7 Å². The van der Waals surface area contributed by atoms with Crippen LogP contribution in [0.25, 0.3) is 0 Å². The van der Waals surface area contributed by atoms with Crippen LogP contribution in [0, 0.1) is 17.7 Å². The fraction of sp³-hybridized carbons (Fsp3) is 0.632. The largest absolute Gasteiger partial charge is 0.481 e. The maximum atomic E-state index is 13.9. The van der Waals surface area contributed by atoms with Gasteiger partial charge in [0.15, 0.2) is 0 Å². The topological polar surface area (TPSA) is 52.6 Å². The smallest absolute Gasteiger partial charge is 0.307 e. The minimum Gasteiger partial charge on any atom is -0.481 e. The van der Waals surface area contributed by atoms with E-state index >= 15 is 0 Å². The average Bonchev–Trinajstić information content (AvgIpc) is 2.55. The Kier molecular flexibility index (Phi) is 7.66. The lowest BCUT2D eigenvalue weighted by molar-refractivity contribution is -0.142. The predicted octanol–water partition coefficient (Wildman–Crippen LogP) is 3.78. The summed E-state index contributed by atoms with van der Waals surface area (Å²) in [6.07, 6.45) is 2.55. The minimum absolute atomic E-state index is 0.259. The van der Waals surface area contributed by atoms with E-state index in [0.717, 1.165) is 25.9 Å². The summed E-state index contributed by atoms with van der Waals surface area (Å²) in [5.41, 5.74) is 0.554. The summed E-state index contributed by atoms with van der Waals surface area (Å²) in [5, 5.41) is 13.2. The van der Waals surface area contributed by atoms with E-state index in [1.165, 1.54) is 6.07 Å². The number of nitrogens with one attached hydrogen (secondary N) is 1. The molecule has 0 radical (unpaired) electrons. The number of aliphatic carboxylic acids is 1. The van der Waals surface area contributed by atoms with Gasteiger partial charge < -0.3 is 10.4 Å². The van der Waals surface area contributed by atoms with Crippen molar-refractivity contribution in [2.75, 3.05) is 19.6 Å². The van der Waals surface area contributed by atoms with Crippen molar-refractivity contribution in [1.82, 2.24) is 10.2 Å². The molecule has 140 valence electrons. The zero-order chi connectivity index (χ0) is 18.4. The molecule has 1 heterocycles. The quantitative estimate of drug-likeness (QED) is 0.731. The molecule has 0 spiro atoms. The van der Waals surface area contributed by atoms with Crippen molar-refractivity contribution in [2.45, 2.75) is 45.7 Å². The number of carboxylic acids is 1. The van der Waals surface area contributed by atoms with Crippen molar-refractivity contribution >= 4 is 17.6 Å². The fourth-order valence-corrected chi connectivity index (χ4v) is 3.57. The number of rotatable bonds is 8. The van der Waals surface area contributed by atoms with Crippen molar-refractivity contribution in [3.05, 3.63) is 34.6 Å². The molecule has 0 aromatic heterocycles. The zero-order valence-corrected chi connectivity index (χ0v) is 15.7. The second kappa shape index (κ2) is 9.51. The van der Waals surface area contributed by atoms with E-state index in [2.05, 4.69) is 10.2 Å². The third kappa shape index (κ3) is 6.24. The van der Waals surface area contributed by atoms with Gasteiger partial charge in [0.1, 0.15) is 5.82 Å². The van der Waals surface area contributed by atoms with Crippen LogP contribution in [0.5, 0.6) is 0 Å². The SMILES string of the molecule is CC(C)CC(CNC1CCN(Cc2c(F)cccc2Cl)CC1)C(=O)O. The van der Waals surface area contributed by atoms with Gasteiger partial charge in [-0.3, -0.25) is 9.69 Å². The second-order valence-electron chi connectivity index (χ2n) is 7.32. The molecule has 0 bridgehead atoms. The molecule has 25 heavy (non-hydrogen) atoms. The first-order valence-corrected chi connectivity index (χ1v) is 9.36. The third-order valence-electron chi connectivity index (χ3n) is 4.79. The average molecular weight is 371 g/mol. The van der Waals surface area contributed by atoms with E-state index in [1.54, 1.807) is 12.1 Å². The summed E-state index contributed by atoms with van der Waals surface area (Å²) >= 11 is 6.10. The molecule has 1 aromatic carbocycles. The summed E-state index contributed by atoms with van der Waals surface area (Å²) in [6.45, 7) is 6.82. The van der Waals surface area contributed by atoms with Crippen molar-refractivity contribution in [1.29, 1.82) is 0 Å². The van der Waals surface area contributed by atoms with Gasteiger partial charge in [-0.15, -0.1) is 0 Å². The van der Waals surface area contributed by atoms with Crippen LogP contribution in [-0.4, -0.2) is 41.7 Å². The first-order valence-electron chi connectivity index (χ1n) is 8.98. The zero-order valence-electron chi connectivity index (χ0n) is 15.0. The second-order valence-corrected chi connectivity index (χ2v) is 7.73. The number of carbonyl (C=O) groups is 1. The molecule has 0 amide bonds. The van der Waals surface area contributed by atoms with Gasteiger partial charge in [0.05, 0.1) is 5.92 Å². The Hall–Kier alpha value is -1.17. The number of hydrogen-bond acceptors (Lipinski definition) is 3. The van der Waals surface area contributed by atoms with Gasteiger partial charge in [-0.1, -0.05) is 31.5 Å². The highest BCUT2D eigenvalue weighted by Crippen LogP contribution is 2.23. The molecule has 2 N–H and O–H groups in total. The lowest BCUT2D eigenvalue weighted by atomic mass is 9.96. The van der Waals surface area contributed by atoms with Crippen LogP contribution in [0.3, 0.4) is 0 Å². The van der Waals surface area contributed by atoms with Crippen molar-refractivity contribution < 1.29 is 14.3 Å². The summed E-state index contributed by atoms with van der Waals surface area (Å²) in [5.74, 6) is -0.955. The van der Waals surface area contributed by atoms with E-state index in [9.17, 15) is 14.3 Å². The lowest BCUT2D eigenvalue weighted by Gasteiger charge is -2.33. The van der Waals surface area contributed by atoms with Crippen LogP contribution >= 0.6 is 11.6 Å². The summed E-state index contributed by atoms with van der Waals surface area (Å²) in [7, 11) is 0. The van der Waals surface area contributed by atoms with Crippen LogP contribution in [0.2, 0.25) is 5.02 Å². The Bertz CT molecular complexity index is 554. The van der Waals surface area contributed by atoms with Gasteiger partial charge in [-0.05, 0) is 50.4 Å². The molecule has 0 aliphatic carbocycles. The Morgan fingerprint density at radius 3 is 2.64 bits per heavy atom. The molecular weight excluding hydrogens is 343 g/mol. The normalized spacial score (nSPS) is 17.8. The molecule has 1 aromatic rings. The van der Waals surface area contributed by atoms with Gasteiger partial charge in [-0.25, -0.2) is 4.39 Å². The van der Waals surface area contributed by atoms with E-state index in [0.29, 0.717) is 42.1 Å².